The van der Waals surface area contributed by atoms with Crippen LogP contribution in [0.2, 0.25) is 5.02 Å². The van der Waals surface area contributed by atoms with Crippen molar-refractivity contribution in [2.24, 2.45) is 0 Å². The van der Waals surface area contributed by atoms with Gasteiger partial charge in [0.05, 0.1) is 0 Å². The van der Waals surface area contributed by atoms with Crippen molar-refractivity contribution in [2.45, 2.75) is 6.10 Å². The van der Waals surface area contributed by atoms with Gasteiger partial charge in [-0.1, -0.05) is 23.7 Å². The molecule has 0 aromatic heterocycles. The number of para-hydroxylation sites is 2. The number of hydrogen-bond acceptors (Lipinski definition) is 7. The van der Waals surface area contributed by atoms with Gasteiger partial charge in [-0.2, -0.15) is 0 Å². The third-order valence-corrected chi connectivity index (χ3v) is 3.81. The maximum atomic E-state index is 12.1. The lowest BCUT2D eigenvalue weighted by Gasteiger charge is -2.25. The zero-order valence-corrected chi connectivity index (χ0v) is 14.6. The van der Waals surface area contributed by atoms with Crippen molar-refractivity contribution in [1.82, 2.24) is 5.32 Å². The quantitative estimate of drug-likeness (QED) is 0.763. The number of esters is 1. The van der Waals surface area contributed by atoms with Crippen molar-refractivity contribution in [3.63, 3.8) is 0 Å². The van der Waals surface area contributed by atoms with Gasteiger partial charge in [0.25, 0.3) is 11.8 Å². The predicted molar refractivity (Wildman–Crippen MR) is 92.9 cm³/mol. The fourth-order valence-corrected chi connectivity index (χ4v) is 2.46. The van der Waals surface area contributed by atoms with Crippen LogP contribution in [0.15, 0.2) is 42.5 Å². The first-order chi connectivity index (χ1) is 12.9. The van der Waals surface area contributed by atoms with Gasteiger partial charge in [-0.3, -0.25) is 14.9 Å². The Hall–Kier alpha value is -3.26. The van der Waals surface area contributed by atoms with E-state index in [4.69, 9.17) is 25.8 Å². The van der Waals surface area contributed by atoms with Crippen LogP contribution in [-0.4, -0.2) is 42.2 Å². The molecule has 2 aromatic rings. The molecule has 1 heterocycles. The molecule has 2 amide bonds. The first-order valence-electron chi connectivity index (χ1n) is 7.82. The number of benzene rings is 2. The molecular weight excluding hydrogens is 378 g/mol. The molecule has 0 fully saturated rings. The molecule has 1 aliphatic rings. The molecule has 0 aliphatic carbocycles. The van der Waals surface area contributed by atoms with Crippen molar-refractivity contribution in [3.8, 4) is 17.2 Å². The Labute approximate surface area is 158 Å². The second-order valence-corrected chi connectivity index (χ2v) is 5.95. The molecule has 9 heteroatoms. The van der Waals surface area contributed by atoms with Crippen molar-refractivity contribution in [1.29, 1.82) is 0 Å². The van der Waals surface area contributed by atoms with Gasteiger partial charge in [0.1, 0.15) is 17.9 Å². The number of fused-ring (bicyclic) bond motifs is 1. The van der Waals surface area contributed by atoms with Gasteiger partial charge in [0.2, 0.25) is 6.10 Å². The van der Waals surface area contributed by atoms with Crippen LogP contribution in [0, 0.1) is 0 Å². The summed E-state index contributed by atoms with van der Waals surface area (Å²) in [6, 6.07) is 10.6. The number of phenolic OH excluding ortho intramolecular Hbond substituents is 1. The number of hydrogen-bond donors (Lipinski definition) is 2. The molecule has 0 saturated heterocycles. The second-order valence-electron chi connectivity index (χ2n) is 5.51. The minimum atomic E-state index is -1.01. The van der Waals surface area contributed by atoms with E-state index in [2.05, 4.69) is 5.32 Å². The summed E-state index contributed by atoms with van der Waals surface area (Å²) in [6.45, 7) is -0.772. The average molecular weight is 392 g/mol. The fraction of sp³-hybridized carbons (Fsp3) is 0.167. The Morgan fingerprint density at radius 3 is 2.67 bits per heavy atom. The van der Waals surface area contributed by atoms with Crippen molar-refractivity contribution in [3.05, 3.63) is 53.1 Å². The molecule has 2 aromatic carbocycles. The highest BCUT2D eigenvalue weighted by Crippen LogP contribution is 2.30. The summed E-state index contributed by atoms with van der Waals surface area (Å²) in [5.74, 6) is -1.98. The highest BCUT2D eigenvalue weighted by atomic mass is 35.5. The molecule has 2 N–H and O–H groups in total. The van der Waals surface area contributed by atoms with Gasteiger partial charge >= 0.3 is 5.97 Å². The summed E-state index contributed by atoms with van der Waals surface area (Å²) >= 11 is 5.68. The third-order valence-electron chi connectivity index (χ3n) is 3.58. The van der Waals surface area contributed by atoms with E-state index in [1.165, 1.54) is 18.2 Å². The lowest BCUT2D eigenvalue weighted by Crippen LogP contribution is -2.47. The number of ether oxygens (including phenoxy) is 3. The summed E-state index contributed by atoms with van der Waals surface area (Å²) in [6.07, 6.45) is -1.01. The van der Waals surface area contributed by atoms with Crippen LogP contribution in [0.4, 0.5) is 0 Å². The molecule has 1 aliphatic heterocycles. The highest BCUT2D eigenvalue weighted by Gasteiger charge is 2.28. The van der Waals surface area contributed by atoms with Gasteiger partial charge in [-0.05, 0) is 30.3 Å². The number of imide groups is 1. The number of rotatable bonds is 4. The van der Waals surface area contributed by atoms with Crippen LogP contribution in [0.25, 0.3) is 0 Å². The lowest BCUT2D eigenvalue weighted by atomic mass is 10.2. The molecule has 27 heavy (non-hydrogen) atoms. The molecule has 0 radical (unpaired) electrons. The Balaban J connectivity index is 1.50. The summed E-state index contributed by atoms with van der Waals surface area (Å²) < 4.78 is 15.6. The number of carbonyl (C=O) groups is 3. The van der Waals surface area contributed by atoms with E-state index in [-0.39, 0.29) is 22.9 Å². The van der Waals surface area contributed by atoms with E-state index in [0.717, 1.165) is 0 Å². The smallest absolute Gasteiger partial charge is 0.342 e. The Morgan fingerprint density at radius 2 is 1.93 bits per heavy atom. The third kappa shape index (κ3) is 4.48. The molecule has 1 atom stereocenters. The van der Waals surface area contributed by atoms with Crippen LogP contribution in [-0.2, 0) is 14.3 Å². The highest BCUT2D eigenvalue weighted by molar-refractivity contribution is 6.30. The van der Waals surface area contributed by atoms with E-state index in [9.17, 15) is 19.5 Å². The maximum absolute atomic E-state index is 12.1. The number of amides is 2. The average Bonchev–Trinajstić information content (AvgIpc) is 2.65. The van der Waals surface area contributed by atoms with E-state index < -0.39 is 30.5 Å². The molecule has 0 saturated carbocycles. The molecule has 140 valence electrons. The topological polar surface area (TPSA) is 111 Å². The van der Waals surface area contributed by atoms with Gasteiger partial charge in [0, 0.05) is 5.02 Å². The van der Waals surface area contributed by atoms with Crippen molar-refractivity contribution < 1.29 is 33.7 Å². The van der Waals surface area contributed by atoms with Gasteiger partial charge < -0.3 is 19.3 Å². The lowest BCUT2D eigenvalue weighted by molar-refractivity contribution is -0.137. The van der Waals surface area contributed by atoms with Crippen LogP contribution in [0.1, 0.15) is 10.4 Å². The first-order valence-corrected chi connectivity index (χ1v) is 8.19. The summed E-state index contributed by atoms with van der Waals surface area (Å²) in [7, 11) is 0. The van der Waals surface area contributed by atoms with E-state index >= 15 is 0 Å². The SMILES string of the molecule is O=C(COC(=O)c1ccc(Cl)cc1O)NC(=O)[C@@H]1COc2ccccc2O1. The first kappa shape index (κ1) is 18.5. The van der Waals surface area contributed by atoms with Gasteiger partial charge in [-0.25, -0.2) is 4.79 Å². The molecular formula is C18H14ClNO7. The molecule has 0 spiro atoms. The summed E-state index contributed by atoms with van der Waals surface area (Å²) in [5, 5.41) is 12.0. The van der Waals surface area contributed by atoms with Gasteiger partial charge in [-0.15, -0.1) is 0 Å². The molecule has 0 unspecified atom stereocenters. The minimum absolute atomic E-state index is 0.0610. The Kier molecular flexibility index (Phi) is 5.46. The normalized spacial score (nSPS) is 14.9. The number of halogens is 1. The number of aromatic hydroxyl groups is 1. The molecule has 8 nitrogen and oxygen atoms in total. The Morgan fingerprint density at radius 1 is 1.19 bits per heavy atom. The van der Waals surface area contributed by atoms with Crippen LogP contribution >= 0.6 is 11.6 Å². The second kappa shape index (κ2) is 7.96. The fourth-order valence-electron chi connectivity index (χ4n) is 2.29. The molecule has 0 bridgehead atoms. The van der Waals surface area contributed by atoms with Crippen LogP contribution < -0.4 is 14.8 Å². The minimum Gasteiger partial charge on any atom is -0.507 e. The van der Waals surface area contributed by atoms with Crippen molar-refractivity contribution >= 4 is 29.4 Å². The maximum Gasteiger partial charge on any atom is 0.342 e. The summed E-state index contributed by atoms with van der Waals surface area (Å²) in [5.41, 5.74) is -0.154. The van der Waals surface area contributed by atoms with E-state index in [0.29, 0.717) is 11.5 Å². The zero-order valence-electron chi connectivity index (χ0n) is 13.8. The largest absolute Gasteiger partial charge is 0.507 e. The predicted octanol–water partition coefficient (Wildman–Crippen LogP) is 1.69. The summed E-state index contributed by atoms with van der Waals surface area (Å²) in [4.78, 5) is 35.8. The van der Waals surface area contributed by atoms with E-state index in [1.54, 1.807) is 24.3 Å². The molecule has 3 rings (SSSR count). The number of phenols is 1. The van der Waals surface area contributed by atoms with Crippen molar-refractivity contribution in [2.75, 3.05) is 13.2 Å². The number of carbonyl (C=O) groups excluding carboxylic acids is 3. The zero-order chi connectivity index (χ0) is 19.4. The van der Waals surface area contributed by atoms with Gasteiger partial charge in [0.15, 0.2) is 18.1 Å². The van der Waals surface area contributed by atoms with Crippen LogP contribution in [0.5, 0.6) is 17.2 Å². The monoisotopic (exact) mass is 391 g/mol. The van der Waals surface area contributed by atoms with Crippen LogP contribution in [0.3, 0.4) is 0 Å². The number of nitrogens with one attached hydrogen (secondary N) is 1. The Bertz CT molecular complexity index is 899. The standard InChI is InChI=1S/C18H14ClNO7/c19-10-5-6-11(12(21)7-10)18(24)26-9-16(22)20-17(23)15-8-25-13-3-1-2-4-14(13)27-15/h1-7,15,21H,8-9H2,(H,20,22,23)/t15-/m0/s1. The van der Waals surface area contributed by atoms with E-state index in [1.807, 2.05) is 0 Å².